The van der Waals surface area contributed by atoms with Crippen molar-refractivity contribution in [3.8, 4) is 0 Å². The first kappa shape index (κ1) is 20.3. The van der Waals surface area contributed by atoms with Gasteiger partial charge < -0.3 is 4.90 Å². The predicted octanol–water partition coefficient (Wildman–Crippen LogP) is 3.54. The van der Waals surface area contributed by atoms with Gasteiger partial charge in [-0.15, -0.1) is 0 Å². The number of nitrogens with zero attached hydrogens (tertiary/aromatic N) is 3. The summed E-state index contributed by atoms with van der Waals surface area (Å²) in [6.07, 6.45) is 4.51. The van der Waals surface area contributed by atoms with Crippen molar-refractivity contribution in [2.75, 3.05) is 18.4 Å². The molecule has 0 unspecified atom stereocenters. The molecule has 1 aromatic heterocycles. The third-order valence-corrected chi connectivity index (χ3v) is 5.31. The molecular formula is C21H21F3N4O2. The average Bonchev–Trinajstić information content (AvgIpc) is 3.61. The number of carbonyl (C=O) groups excluding carboxylic acids is 2. The quantitative estimate of drug-likeness (QED) is 0.746. The number of anilines is 1. The minimum absolute atomic E-state index is 0.0280. The number of hydrogen-bond donors (Lipinski definition) is 1. The van der Waals surface area contributed by atoms with E-state index in [9.17, 15) is 22.8 Å². The fourth-order valence-corrected chi connectivity index (χ4v) is 3.32. The van der Waals surface area contributed by atoms with Crippen LogP contribution in [0.25, 0.3) is 0 Å². The van der Waals surface area contributed by atoms with Gasteiger partial charge in [0.2, 0.25) is 11.9 Å². The second-order valence-corrected chi connectivity index (χ2v) is 7.99. The van der Waals surface area contributed by atoms with Crippen LogP contribution < -0.4 is 5.32 Å². The van der Waals surface area contributed by atoms with Gasteiger partial charge in [0.15, 0.2) is 0 Å². The van der Waals surface area contributed by atoms with Crippen LogP contribution in [0.5, 0.6) is 0 Å². The fourth-order valence-electron chi connectivity index (χ4n) is 3.32. The Labute approximate surface area is 171 Å². The lowest BCUT2D eigenvalue weighted by Gasteiger charge is -2.22. The highest BCUT2D eigenvalue weighted by Crippen LogP contribution is 2.49. The smallest absolute Gasteiger partial charge is 0.254 e. The van der Waals surface area contributed by atoms with E-state index >= 15 is 0 Å². The van der Waals surface area contributed by atoms with Gasteiger partial charge in [-0.1, -0.05) is 6.07 Å². The molecule has 0 saturated heterocycles. The van der Waals surface area contributed by atoms with Crippen molar-refractivity contribution >= 4 is 17.8 Å². The van der Waals surface area contributed by atoms with E-state index in [2.05, 4.69) is 15.3 Å². The third kappa shape index (κ3) is 4.60. The van der Waals surface area contributed by atoms with Gasteiger partial charge in [0.25, 0.3) is 11.8 Å². The molecule has 2 amide bonds. The Morgan fingerprint density at radius 3 is 2.47 bits per heavy atom. The first-order valence-corrected chi connectivity index (χ1v) is 9.78. The van der Waals surface area contributed by atoms with Crippen LogP contribution in [-0.2, 0) is 4.79 Å². The van der Waals surface area contributed by atoms with Gasteiger partial charge in [0, 0.05) is 36.8 Å². The summed E-state index contributed by atoms with van der Waals surface area (Å²) >= 11 is 0. The molecule has 1 aromatic carbocycles. The highest BCUT2D eigenvalue weighted by molar-refractivity contribution is 5.99. The van der Waals surface area contributed by atoms with Crippen molar-refractivity contribution in [3.63, 3.8) is 0 Å². The predicted molar refractivity (Wildman–Crippen MR) is 103 cm³/mol. The molecule has 2 saturated carbocycles. The largest absolute Gasteiger partial charge is 0.329 e. The zero-order valence-electron chi connectivity index (χ0n) is 16.4. The molecule has 9 heteroatoms. The van der Waals surface area contributed by atoms with Crippen LogP contribution in [0.4, 0.5) is 19.1 Å². The van der Waals surface area contributed by atoms with Gasteiger partial charge in [0.1, 0.15) is 12.4 Å². The molecule has 1 N–H and O–H groups in total. The maximum absolute atomic E-state index is 14.4. The summed E-state index contributed by atoms with van der Waals surface area (Å²) in [5, 5.41) is 2.45. The van der Waals surface area contributed by atoms with Gasteiger partial charge in [-0.25, -0.2) is 23.1 Å². The van der Waals surface area contributed by atoms with Crippen molar-refractivity contribution in [1.82, 2.24) is 14.9 Å². The summed E-state index contributed by atoms with van der Waals surface area (Å²) in [6, 6.07) is 4.16. The molecule has 2 aliphatic carbocycles. The summed E-state index contributed by atoms with van der Waals surface area (Å²) in [5.41, 5.74) is 1.39. The standard InChI is InChI=1S/C21H21F3N4O2/c1-12-8-25-20(26-9-12)27-18(29)11-28(10-15-7-21(15,23)24)19(30)14-4-5-16(13-2-3-13)17(22)6-14/h4-6,8-9,13,15H,2-3,7,10-11H2,1H3,(H,25,26,27,29)/t15-/m0/s1. The first-order chi connectivity index (χ1) is 14.2. The van der Waals surface area contributed by atoms with E-state index in [1.165, 1.54) is 18.5 Å². The molecule has 0 radical (unpaired) electrons. The van der Waals surface area contributed by atoms with Crippen LogP contribution in [0.15, 0.2) is 30.6 Å². The Balaban J connectivity index is 1.48. The fraction of sp³-hybridized carbons (Fsp3) is 0.429. The number of halogens is 3. The Morgan fingerprint density at radius 2 is 1.90 bits per heavy atom. The number of alkyl halides is 2. The van der Waals surface area contributed by atoms with Crippen molar-refractivity contribution in [3.05, 3.63) is 53.1 Å². The molecule has 158 valence electrons. The number of nitrogens with one attached hydrogen (secondary N) is 1. The van der Waals surface area contributed by atoms with Crippen LogP contribution in [0.1, 0.15) is 46.7 Å². The molecule has 1 atom stereocenters. The van der Waals surface area contributed by atoms with Crippen molar-refractivity contribution < 1.29 is 22.8 Å². The van der Waals surface area contributed by atoms with E-state index < -0.39 is 36.0 Å². The van der Waals surface area contributed by atoms with Crippen LogP contribution >= 0.6 is 0 Å². The van der Waals surface area contributed by atoms with Crippen LogP contribution in [-0.4, -0.2) is 45.7 Å². The van der Waals surface area contributed by atoms with Crippen LogP contribution in [0.2, 0.25) is 0 Å². The van der Waals surface area contributed by atoms with E-state index in [4.69, 9.17) is 0 Å². The number of carbonyl (C=O) groups is 2. The van der Waals surface area contributed by atoms with E-state index in [-0.39, 0.29) is 30.4 Å². The molecule has 2 aliphatic rings. The molecule has 0 spiro atoms. The first-order valence-electron chi connectivity index (χ1n) is 9.78. The average molecular weight is 418 g/mol. The summed E-state index contributed by atoms with van der Waals surface area (Å²) in [5.74, 6) is -5.41. The summed E-state index contributed by atoms with van der Waals surface area (Å²) < 4.78 is 41.2. The van der Waals surface area contributed by atoms with Crippen molar-refractivity contribution in [1.29, 1.82) is 0 Å². The second kappa shape index (κ2) is 7.70. The van der Waals surface area contributed by atoms with Gasteiger partial charge in [-0.2, -0.15) is 0 Å². The SMILES string of the molecule is Cc1cnc(NC(=O)CN(C[C@@H]2CC2(F)F)C(=O)c2ccc(C3CC3)c(F)c2)nc1. The molecular weight excluding hydrogens is 397 g/mol. The molecule has 2 aromatic rings. The molecule has 0 bridgehead atoms. The summed E-state index contributed by atoms with van der Waals surface area (Å²) in [4.78, 5) is 34.2. The minimum atomic E-state index is -2.85. The van der Waals surface area contributed by atoms with Crippen LogP contribution in [0.3, 0.4) is 0 Å². The minimum Gasteiger partial charge on any atom is -0.329 e. The van der Waals surface area contributed by atoms with Crippen molar-refractivity contribution in [2.24, 2.45) is 5.92 Å². The molecule has 0 aliphatic heterocycles. The lowest BCUT2D eigenvalue weighted by Crippen LogP contribution is -2.40. The van der Waals surface area contributed by atoms with Crippen molar-refractivity contribution in [2.45, 2.75) is 38.0 Å². The Kier molecular flexibility index (Phi) is 5.21. The molecule has 6 nitrogen and oxygen atoms in total. The maximum atomic E-state index is 14.4. The molecule has 2 fully saturated rings. The zero-order valence-corrected chi connectivity index (χ0v) is 16.4. The summed E-state index contributed by atoms with van der Waals surface area (Å²) in [6.45, 7) is 1.03. The number of amides is 2. The Hall–Kier alpha value is -2.97. The zero-order chi connectivity index (χ0) is 21.5. The third-order valence-electron chi connectivity index (χ3n) is 5.31. The Morgan fingerprint density at radius 1 is 1.23 bits per heavy atom. The number of benzene rings is 1. The number of aryl methyl sites for hydroxylation is 1. The number of aromatic nitrogens is 2. The van der Waals surface area contributed by atoms with E-state index in [1.807, 2.05) is 0 Å². The number of hydrogen-bond acceptors (Lipinski definition) is 4. The van der Waals surface area contributed by atoms with Gasteiger partial charge in [-0.3, -0.25) is 14.9 Å². The topological polar surface area (TPSA) is 75.2 Å². The van der Waals surface area contributed by atoms with Gasteiger partial charge in [0.05, 0.1) is 0 Å². The highest BCUT2D eigenvalue weighted by atomic mass is 19.3. The summed E-state index contributed by atoms with van der Waals surface area (Å²) in [7, 11) is 0. The lowest BCUT2D eigenvalue weighted by molar-refractivity contribution is -0.117. The maximum Gasteiger partial charge on any atom is 0.254 e. The second-order valence-electron chi connectivity index (χ2n) is 7.99. The monoisotopic (exact) mass is 418 g/mol. The number of rotatable bonds is 7. The highest BCUT2D eigenvalue weighted by Gasteiger charge is 2.57. The lowest BCUT2D eigenvalue weighted by atomic mass is 10.1. The van der Waals surface area contributed by atoms with E-state index in [0.717, 1.165) is 29.4 Å². The van der Waals surface area contributed by atoms with Gasteiger partial charge >= 0.3 is 0 Å². The molecule has 30 heavy (non-hydrogen) atoms. The Bertz CT molecular complexity index is 977. The van der Waals surface area contributed by atoms with Gasteiger partial charge in [-0.05, 0) is 48.9 Å². The van der Waals surface area contributed by atoms with E-state index in [0.29, 0.717) is 5.56 Å². The van der Waals surface area contributed by atoms with Crippen LogP contribution in [0, 0.1) is 18.7 Å². The molecule has 4 rings (SSSR count). The normalized spacial score (nSPS) is 19.3. The van der Waals surface area contributed by atoms with E-state index in [1.54, 1.807) is 13.0 Å². The molecule has 1 heterocycles.